The van der Waals surface area contributed by atoms with E-state index in [1.807, 2.05) is 0 Å². The number of rotatable bonds is 7. The van der Waals surface area contributed by atoms with E-state index in [0.29, 0.717) is 6.61 Å². The molecule has 0 radical (unpaired) electrons. The quantitative estimate of drug-likeness (QED) is 0.693. The van der Waals surface area contributed by atoms with Gasteiger partial charge in [0.05, 0.1) is 0 Å². The summed E-state index contributed by atoms with van der Waals surface area (Å²) in [6, 6.07) is 6.49. The van der Waals surface area contributed by atoms with Gasteiger partial charge in [0.15, 0.2) is 0 Å². The van der Waals surface area contributed by atoms with Crippen LogP contribution in [0.3, 0.4) is 0 Å². The van der Waals surface area contributed by atoms with Gasteiger partial charge in [0.25, 0.3) is 0 Å². The Hall–Kier alpha value is -1.02. The number of aliphatic hydroxyl groups is 1. The maximum Gasteiger partial charge on any atom is 0.0431 e. The van der Waals surface area contributed by atoms with Gasteiger partial charge in [-0.3, -0.25) is 0 Å². The molecule has 0 bridgehead atoms. The Morgan fingerprint density at radius 2 is 1.81 bits per heavy atom. The van der Waals surface area contributed by atoms with Gasteiger partial charge in [-0.15, -0.1) is 0 Å². The summed E-state index contributed by atoms with van der Waals surface area (Å²) in [5.74, 6) is 0. The molecular weight excluding hydrogens is 198 g/mol. The topological polar surface area (TPSA) is 32.3 Å². The van der Waals surface area contributed by atoms with Crippen molar-refractivity contribution in [2.45, 2.75) is 39.5 Å². The first-order valence-electron chi connectivity index (χ1n) is 6.16. The maximum absolute atomic E-state index is 8.65. The summed E-state index contributed by atoms with van der Waals surface area (Å²) in [5, 5.41) is 12.1. The van der Waals surface area contributed by atoms with Crippen LogP contribution in [0.15, 0.2) is 18.2 Å². The van der Waals surface area contributed by atoms with Crippen LogP contribution in [0.25, 0.3) is 0 Å². The zero-order valence-corrected chi connectivity index (χ0v) is 10.4. The number of benzene rings is 1. The molecule has 0 saturated carbocycles. The Labute approximate surface area is 98.7 Å². The van der Waals surface area contributed by atoms with Gasteiger partial charge in [0.2, 0.25) is 0 Å². The molecule has 0 saturated heterocycles. The van der Waals surface area contributed by atoms with Gasteiger partial charge in [-0.25, -0.2) is 0 Å². The van der Waals surface area contributed by atoms with Crippen molar-refractivity contribution >= 4 is 5.69 Å². The van der Waals surface area contributed by atoms with E-state index in [2.05, 4.69) is 37.4 Å². The van der Waals surface area contributed by atoms with E-state index in [1.54, 1.807) is 0 Å². The summed E-state index contributed by atoms with van der Waals surface area (Å²) >= 11 is 0. The lowest BCUT2D eigenvalue weighted by Crippen LogP contribution is -2.03. The highest BCUT2D eigenvalue weighted by Gasteiger charge is 1.97. The Kier molecular flexibility index (Phi) is 5.94. The molecule has 0 aliphatic heterocycles. The molecule has 0 fully saturated rings. The van der Waals surface area contributed by atoms with Crippen LogP contribution >= 0.6 is 0 Å². The second kappa shape index (κ2) is 7.29. The standard InChI is InChI=1S/C14H23NO/c1-12-7-8-14(13(2)11-12)15-9-5-3-4-6-10-16/h7-8,11,15-16H,3-6,9-10H2,1-2H3. The van der Waals surface area contributed by atoms with Crippen molar-refractivity contribution in [3.8, 4) is 0 Å². The molecular formula is C14H23NO. The Balaban J connectivity index is 2.21. The van der Waals surface area contributed by atoms with E-state index in [9.17, 15) is 0 Å². The average Bonchev–Trinajstić information content (AvgIpc) is 2.26. The molecule has 2 N–H and O–H groups in total. The molecule has 0 spiro atoms. The number of hydrogen-bond acceptors (Lipinski definition) is 2. The summed E-state index contributed by atoms with van der Waals surface area (Å²) in [6.45, 7) is 5.60. The molecule has 0 atom stereocenters. The molecule has 0 amide bonds. The fraction of sp³-hybridized carbons (Fsp3) is 0.571. The molecule has 1 rings (SSSR count). The fourth-order valence-electron chi connectivity index (χ4n) is 1.83. The van der Waals surface area contributed by atoms with Crippen molar-refractivity contribution in [2.75, 3.05) is 18.5 Å². The number of aryl methyl sites for hydroxylation is 2. The van der Waals surface area contributed by atoms with Gasteiger partial charge in [-0.05, 0) is 38.3 Å². The lowest BCUT2D eigenvalue weighted by atomic mass is 10.1. The van der Waals surface area contributed by atoms with Gasteiger partial charge < -0.3 is 10.4 Å². The second-order valence-corrected chi connectivity index (χ2v) is 4.38. The molecule has 1 aromatic carbocycles. The number of hydrogen-bond donors (Lipinski definition) is 2. The zero-order valence-electron chi connectivity index (χ0n) is 10.4. The smallest absolute Gasteiger partial charge is 0.0431 e. The van der Waals surface area contributed by atoms with Crippen LogP contribution in [0.2, 0.25) is 0 Å². The van der Waals surface area contributed by atoms with Crippen molar-refractivity contribution in [1.29, 1.82) is 0 Å². The molecule has 2 nitrogen and oxygen atoms in total. The monoisotopic (exact) mass is 221 g/mol. The number of unbranched alkanes of at least 4 members (excludes halogenated alkanes) is 3. The van der Waals surface area contributed by atoms with Crippen LogP contribution in [-0.2, 0) is 0 Å². The normalized spacial score (nSPS) is 10.4. The van der Waals surface area contributed by atoms with Crippen LogP contribution in [0, 0.1) is 13.8 Å². The molecule has 90 valence electrons. The molecule has 0 aliphatic rings. The zero-order chi connectivity index (χ0) is 11.8. The second-order valence-electron chi connectivity index (χ2n) is 4.38. The lowest BCUT2D eigenvalue weighted by molar-refractivity contribution is 0.283. The maximum atomic E-state index is 8.65. The average molecular weight is 221 g/mol. The van der Waals surface area contributed by atoms with Crippen LogP contribution in [0.1, 0.15) is 36.8 Å². The van der Waals surface area contributed by atoms with E-state index < -0.39 is 0 Å². The third-order valence-electron chi connectivity index (χ3n) is 2.78. The van der Waals surface area contributed by atoms with E-state index in [1.165, 1.54) is 29.7 Å². The van der Waals surface area contributed by atoms with Gasteiger partial charge in [-0.1, -0.05) is 30.5 Å². The summed E-state index contributed by atoms with van der Waals surface area (Å²) in [5.41, 5.74) is 3.87. The van der Waals surface area contributed by atoms with E-state index in [0.717, 1.165) is 19.4 Å². The number of nitrogens with one attached hydrogen (secondary N) is 1. The molecule has 2 heteroatoms. The van der Waals surface area contributed by atoms with Gasteiger partial charge >= 0.3 is 0 Å². The van der Waals surface area contributed by atoms with Crippen molar-refractivity contribution in [1.82, 2.24) is 0 Å². The highest BCUT2D eigenvalue weighted by atomic mass is 16.2. The van der Waals surface area contributed by atoms with E-state index >= 15 is 0 Å². The van der Waals surface area contributed by atoms with Crippen molar-refractivity contribution in [3.63, 3.8) is 0 Å². The Bertz CT molecular complexity index is 310. The summed E-state index contributed by atoms with van der Waals surface area (Å²) < 4.78 is 0. The molecule has 0 heterocycles. The minimum absolute atomic E-state index is 0.324. The van der Waals surface area contributed by atoms with E-state index in [-0.39, 0.29) is 0 Å². The SMILES string of the molecule is Cc1ccc(NCCCCCCO)c(C)c1. The molecule has 0 unspecified atom stereocenters. The van der Waals surface area contributed by atoms with Crippen LogP contribution in [0.4, 0.5) is 5.69 Å². The van der Waals surface area contributed by atoms with Crippen LogP contribution < -0.4 is 5.32 Å². The fourth-order valence-corrected chi connectivity index (χ4v) is 1.83. The summed E-state index contributed by atoms with van der Waals surface area (Å²) in [7, 11) is 0. The van der Waals surface area contributed by atoms with Crippen LogP contribution in [0.5, 0.6) is 0 Å². The number of anilines is 1. The highest BCUT2D eigenvalue weighted by molar-refractivity contribution is 5.51. The first-order chi connectivity index (χ1) is 7.74. The Morgan fingerprint density at radius 3 is 2.50 bits per heavy atom. The third kappa shape index (κ3) is 4.67. The Morgan fingerprint density at radius 1 is 1.06 bits per heavy atom. The lowest BCUT2D eigenvalue weighted by Gasteiger charge is -2.09. The van der Waals surface area contributed by atoms with Crippen molar-refractivity contribution in [2.24, 2.45) is 0 Å². The first kappa shape index (κ1) is 13.0. The summed E-state index contributed by atoms with van der Waals surface area (Å²) in [6.07, 6.45) is 4.43. The number of aliphatic hydroxyl groups excluding tert-OH is 1. The predicted octanol–water partition coefficient (Wildman–Crippen LogP) is 3.27. The molecule has 1 aromatic rings. The summed E-state index contributed by atoms with van der Waals surface area (Å²) in [4.78, 5) is 0. The first-order valence-corrected chi connectivity index (χ1v) is 6.16. The highest BCUT2D eigenvalue weighted by Crippen LogP contribution is 2.16. The predicted molar refractivity (Wildman–Crippen MR) is 70.0 cm³/mol. The minimum atomic E-state index is 0.324. The molecule has 0 aliphatic carbocycles. The van der Waals surface area contributed by atoms with Gasteiger partial charge in [0, 0.05) is 18.8 Å². The van der Waals surface area contributed by atoms with Crippen molar-refractivity contribution < 1.29 is 5.11 Å². The van der Waals surface area contributed by atoms with Crippen molar-refractivity contribution in [3.05, 3.63) is 29.3 Å². The van der Waals surface area contributed by atoms with Gasteiger partial charge in [-0.2, -0.15) is 0 Å². The minimum Gasteiger partial charge on any atom is -0.396 e. The van der Waals surface area contributed by atoms with Crippen LogP contribution in [-0.4, -0.2) is 18.3 Å². The van der Waals surface area contributed by atoms with E-state index in [4.69, 9.17) is 5.11 Å². The van der Waals surface area contributed by atoms with Gasteiger partial charge in [0.1, 0.15) is 0 Å². The molecule has 0 aromatic heterocycles. The molecule has 16 heavy (non-hydrogen) atoms. The third-order valence-corrected chi connectivity index (χ3v) is 2.78. The largest absolute Gasteiger partial charge is 0.396 e.